The van der Waals surface area contributed by atoms with Crippen molar-refractivity contribution >= 4 is 33.8 Å². The minimum atomic E-state index is -5.18. The van der Waals surface area contributed by atoms with Crippen molar-refractivity contribution in [1.29, 1.82) is 0 Å². The molecule has 0 aliphatic heterocycles. The molecule has 0 bridgehead atoms. The van der Waals surface area contributed by atoms with Gasteiger partial charge in [0.25, 0.3) is 0 Å². The molecular formula is C40H42N7Na7O16P2. The van der Waals surface area contributed by atoms with Crippen LogP contribution < -0.4 is 261 Å². The largest absolute Gasteiger partial charge is 1.00 e. The molecule has 3 heterocycles. The molecule has 0 atom stereocenters. The summed E-state index contributed by atoms with van der Waals surface area (Å²) >= 11 is 0. The van der Waals surface area contributed by atoms with Crippen molar-refractivity contribution in [3.05, 3.63) is 76.9 Å². The standard InChI is InChI=1S/C40H49N7O16P2.7Na/c1-60-15-17-62-34-22-31(35(63-18-16-61-2)21-30(34)7-5-3-4-6-8-38(48)49)10-9-29-19-36(46-13-11-32(42-46)23-44(25-39(50)51)27-64(54,55)56)41-37(20-29)47-14-12-33(43-47)24-45(26-40(52)53)28-65(57,58)59;;;;;;;/h11-14,19-22H,3-4,6,8,15-18,23-28H2,1-2H3,(H,48,49)(H,50,51)(H,52,53)(H2,54,55,56)(H2,57,58,59);;;;;;;/q;7*+1/p-7. The Morgan fingerprint density at radius 2 is 1.03 bits per heavy atom. The Hall–Kier alpha value is 1.38. The number of nitrogens with zero attached hydrogens (tertiary/aromatic N) is 7. The van der Waals surface area contributed by atoms with E-state index in [1.54, 1.807) is 12.1 Å². The van der Waals surface area contributed by atoms with Gasteiger partial charge in [-0.1, -0.05) is 23.7 Å². The number of carboxylic acid groups (broad SMARTS) is 3. The first kappa shape index (κ1) is 79.9. The molecule has 0 spiro atoms. The number of methoxy groups -OCH3 is 2. The van der Waals surface area contributed by atoms with Crippen LogP contribution in [0.1, 0.15) is 53.8 Å². The molecule has 4 aromatic rings. The molecule has 0 aliphatic carbocycles. The molecular weight excluding hydrogens is 1060 g/mol. The number of unbranched alkanes of at least 4 members (excludes halogenated alkanes) is 2. The van der Waals surface area contributed by atoms with E-state index in [9.17, 15) is 59.1 Å². The fourth-order valence-corrected chi connectivity index (χ4v) is 7.20. The number of pyridine rings is 1. The van der Waals surface area contributed by atoms with Crippen molar-refractivity contribution in [2.75, 3.05) is 66.3 Å². The first-order valence-electron chi connectivity index (χ1n) is 19.4. The van der Waals surface area contributed by atoms with Crippen molar-refractivity contribution in [3.8, 4) is 46.8 Å². The predicted molar refractivity (Wildman–Crippen MR) is 210 cm³/mol. The second-order valence-corrected chi connectivity index (χ2v) is 17.0. The predicted octanol–water partition coefficient (Wildman–Crippen LogP) is -27.7. The third kappa shape index (κ3) is 31.8. The van der Waals surface area contributed by atoms with Gasteiger partial charge in [0.05, 0.1) is 60.2 Å². The van der Waals surface area contributed by atoms with E-state index < -0.39 is 59.5 Å². The van der Waals surface area contributed by atoms with Crippen LogP contribution >= 0.6 is 15.9 Å². The van der Waals surface area contributed by atoms with Gasteiger partial charge in [0.15, 0.2) is 11.6 Å². The Labute approximate surface area is 573 Å². The summed E-state index contributed by atoms with van der Waals surface area (Å²) in [5.74, 6) is 8.66. The van der Waals surface area contributed by atoms with E-state index >= 15 is 0 Å². The molecule has 0 radical (unpaired) electrons. The smallest absolute Gasteiger partial charge is 0.687 e. The van der Waals surface area contributed by atoms with E-state index in [-0.39, 0.29) is 276 Å². The van der Waals surface area contributed by atoms with E-state index in [0.717, 1.165) is 9.80 Å². The number of carbonyl (C=O) groups is 3. The molecule has 0 unspecified atom stereocenters. The zero-order valence-corrected chi connectivity index (χ0v) is 57.9. The van der Waals surface area contributed by atoms with Gasteiger partial charge in [-0.15, -0.1) is 15.9 Å². The van der Waals surface area contributed by atoms with Crippen LogP contribution in [0.2, 0.25) is 0 Å². The Bertz CT molecular complexity index is 2300. The summed E-state index contributed by atoms with van der Waals surface area (Å²) in [6, 6.07) is 9.15. The molecule has 3 aromatic heterocycles. The Morgan fingerprint density at radius 1 is 0.597 bits per heavy atom. The van der Waals surface area contributed by atoms with Gasteiger partial charge in [0.1, 0.15) is 24.7 Å². The average molecular weight is 1100 g/mol. The fourth-order valence-electron chi connectivity index (χ4n) is 5.82. The molecule has 0 N–H and O–H groups in total. The van der Waals surface area contributed by atoms with Gasteiger partial charge < -0.3 is 78.0 Å². The SMILES string of the molecule is COCCOc1cc(C#Cc2cc(-n3ccc(CN(CC(=O)[O-])C[P+]([O-])([O-])[O-])n3)nc(-n3ccc(CN(CC(=O)[O-])C[P+]([O-])([O-])[O-])n3)c2)c(OCCOC)cc1C#CCCCCC(=O)[O-].[Na+].[Na+].[Na+].[Na+].[Na+].[Na+].[Na+]. The topological polar surface area (TPSA) is 351 Å². The molecule has 0 fully saturated rings. The van der Waals surface area contributed by atoms with Crippen molar-refractivity contribution < 1.29 is 285 Å². The Morgan fingerprint density at radius 3 is 1.42 bits per heavy atom. The van der Waals surface area contributed by atoms with Crippen molar-refractivity contribution in [3.63, 3.8) is 0 Å². The molecule has 23 nitrogen and oxygen atoms in total. The van der Waals surface area contributed by atoms with Crippen LogP contribution in [0, 0.1) is 23.7 Å². The average Bonchev–Trinajstić information content (AvgIpc) is 3.87. The van der Waals surface area contributed by atoms with Gasteiger partial charge in [0.2, 0.25) is 0 Å². The van der Waals surface area contributed by atoms with E-state index in [1.165, 1.54) is 60.2 Å². The summed E-state index contributed by atoms with van der Waals surface area (Å²) in [7, 11) is -7.35. The first-order chi connectivity index (χ1) is 30.8. The molecule has 0 amide bonds. The summed E-state index contributed by atoms with van der Waals surface area (Å²) in [5, 5.41) is 42.2. The number of ether oxygens (including phenoxy) is 4. The van der Waals surface area contributed by atoms with Crippen LogP contribution in [0.5, 0.6) is 11.5 Å². The number of carbonyl (C=O) groups excluding carboxylic acids is 3. The maximum absolute atomic E-state index is 11.5. The number of aromatic nitrogens is 5. The van der Waals surface area contributed by atoms with E-state index in [1.807, 2.05) is 0 Å². The van der Waals surface area contributed by atoms with E-state index in [0.29, 0.717) is 47.5 Å². The van der Waals surface area contributed by atoms with Crippen LogP contribution in [0.15, 0.2) is 48.8 Å². The van der Waals surface area contributed by atoms with Crippen molar-refractivity contribution in [2.24, 2.45) is 0 Å². The molecule has 72 heavy (non-hydrogen) atoms. The summed E-state index contributed by atoms with van der Waals surface area (Å²) in [5.41, 5.74) is 1.37. The van der Waals surface area contributed by atoms with Crippen LogP contribution in [0.25, 0.3) is 11.6 Å². The van der Waals surface area contributed by atoms with Gasteiger partial charge in [-0.05, 0) is 43.5 Å². The van der Waals surface area contributed by atoms with Crippen molar-refractivity contribution in [2.45, 2.75) is 38.8 Å². The normalized spacial score (nSPS) is 10.4. The number of benzene rings is 1. The van der Waals surface area contributed by atoms with E-state index in [4.69, 9.17) is 18.9 Å². The van der Waals surface area contributed by atoms with Gasteiger partial charge in [-0.25, -0.2) is 14.3 Å². The minimum Gasteiger partial charge on any atom is -0.687 e. The summed E-state index contributed by atoms with van der Waals surface area (Å²) in [6.07, 6.45) is 1.86. The zero-order chi connectivity index (χ0) is 47.6. The summed E-state index contributed by atoms with van der Waals surface area (Å²) in [4.78, 5) is 109. The summed E-state index contributed by atoms with van der Waals surface area (Å²) in [6.45, 7) is -1.77. The molecule has 0 aliphatic rings. The maximum atomic E-state index is 11.5. The maximum Gasteiger partial charge on any atom is 1.00 e. The molecule has 4 rings (SSSR count). The second kappa shape index (κ2) is 41.4. The molecule has 32 heteroatoms. The van der Waals surface area contributed by atoms with Gasteiger partial charge in [0, 0.05) is 82.9 Å². The molecule has 0 saturated heterocycles. The van der Waals surface area contributed by atoms with Crippen LogP contribution in [-0.2, 0) is 36.9 Å². The first-order valence-corrected chi connectivity index (χ1v) is 22.9. The Balaban J connectivity index is -0.00000330. The Kier molecular flexibility index (Phi) is 45.9. The molecule has 350 valence electrons. The van der Waals surface area contributed by atoms with Crippen LogP contribution in [0.4, 0.5) is 0 Å². The number of hydrogen-bond acceptors (Lipinski definition) is 21. The monoisotopic (exact) mass is 1100 g/mol. The number of carboxylic acids is 3. The van der Waals surface area contributed by atoms with E-state index in [2.05, 4.69) is 38.9 Å². The molecule has 0 saturated carbocycles. The number of aliphatic carboxylic acids is 3. The van der Waals surface area contributed by atoms with Crippen LogP contribution in [0.3, 0.4) is 0 Å². The van der Waals surface area contributed by atoms with Gasteiger partial charge in [-0.2, -0.15) is 10.2 Å². The number of rotatable bonds is 26. The number of hydrogen-bond donors (Lipinski definition) is 0. The zero-order valence-electron chi connectivity index (χ0n) is 42.1. The van der Waals surface area contributed by atoms with Gasteiger partial charge in [-0.3, -0.25) is 9.80 Å². The van der Waals surface area contributed by atoms with Crippen molar-refractivity contribution in [1.82, 2.24) is 34.3 Å². The summed E-state index contributed by atoms with van der Waals surface area (Å²) < 4.78 is 24.9. The molecule has 1 aromatic carbocycles. The quantitative estimate of drug-likeness (QED) is 0.0244. The third-order valence-electron chi connectivity index (χ3n) is 8.45. The second-order valence-electron chi connectivity index (χ2n) is 14.0. The fraction of sp³-hybridized carbons (Fsp3) is 0.400. The van der Waals surface area contributed by atoms with Crippen LogP contribution in [-0.4, -0.2) is 119 Å². The minimum absolute atomic E-state index is 0. The third-order valence-corrected chi connectivity index (χ3v) is 9.94. The van der Waals surface area contributed by atoms with Gasteiger partial charge >= 0.3 is 207 Å².